The van der Waals surface area contributed by atoms with Gasteiger partial charge in [-0.1, -0.05) is 6.92 Å². The molecular formula is C16H21N3O4. The van der Waals surface area contributed by atoms with Crippen molar-refractivity contribution >= 4 is 16.8 Å². The lowest BCUT2D eigenvalue weighted by molar-refractivity contribution is -0.384. The zero-order chi connectivity index (χ0) is 16.4. The van der Waals surface area contributed by atoms with E-state index in [9.17, 15) is 15.2 Å². The quantitative estimate of drug-likeness (QED) is 0.673. The molecule has 1 saturated heterocycles. The molecule has 23 heavy (non-hydrogen) atoms. The molecule has 1 aliphatic rings. The van der Waals surface area contributed by atoms with Gasteiger partial charge in [-0.25, -0.2) is 4.98 Å². The van der Waals surface area contributed by atoms with Gasteiger partial charge in [0.05, 0.1) is 11.5 Å². The van der Waals surface area contributed by atoms with Crippen LogP contribution in [0.2, 0.25) is 0 Å². The van der Waals surface area contributed by atoms with Gasteiger partial charge in [0.25, 0.3) is 5.69 Å². The van der Waals surface area contributed by atoms with E-state index in [0.29, 0.717) is 23.5 Å². The van der Waals surface area contributed by atoms with Crippen molar-refractivity contribution in [2.75, 3.05) is 19.7 Å². The first-order valence-electron chi connectivity index (χ1n) is 7.92. The second-order valence-electron chi connectivity index (χ2n) is 6.30. The fourth-order valence-corrected chi connectivity index (χ4v) is 3.14. The molecule has 0 saturated carbocycles. The van der Waals surface area contributed by atoms with Crippen molar-refractivity contribution in [1.82, 2.24) is 9.88 Å². The van der Waals surface area contributed by atoms with Gasteiger partial charge >= 0.3 is 0 Å². The standard InChI is InChI=1S/C16H21N3O4/c1-2-16(11-20)5-7-18(8-6-16)10-15-17-13-9-12(19(21)22)3-4-14(13)23-15/h3-4,9,20H,2,5-8,10-11H2,1H3. The average Bonchev–Trinajstić information content (AvgIpc) is 2.97. The molecule has 7 heteroatoms. The fraction of sp³-hybridized carbons (Fsp3) is 0.562. The van der Waals surface area contributed by atoms with Gasteiger partial charge in [-0.2, -0.15) is 0 Å². The number of aromatic nitrogens is 1. The second-order valence-corrected chi connectivity index (χ2v) is 6.30. The summed E-state index contributed by atoms with van der Waals surface area (Å²) in [6, 6.07) is 4.45. The minimum absolute atomic E-state index is 0.0194. The number of hydrogen-bond acceptors (Lipinski definition) is 6. The number of piperidine rings is 1. The number of nitro benzene ring substituents is 1. The Kier molecular flexibility index (Phi) is 4.32. The number of nitrogens with zero attached hydrogens (tertiary/aromatic N) is 3. The molecule has 7 nitrogen and oxygen atoms in total. The molecule has 124 valence electrons. The third-order valence-electron chi connectivity index (χ3n) is 4.99. The molecule has 3 rings (SSSR count). The predicted octanol–water partition coefficient (Wildman–Crippen LogP) is 2.72. The number of nitro groups is 1. The Morgan fingerprint density at radius 2 is 2.17 bits per heavy atom. The molecule has 0 bridgehead atoms. The van der Waals surface area contributed by atoms with Crippen molar-refractivity contribution in [1.29, 1.82) is 0 Å². The van der Waals surface area contributed by atoms with Crippen LogP contribution in [0, 0.1) is 15.5 Å². The lowest BCUT2D eigenvalue weighted by atomic mass is 9.77. The minimum Gasteiger partial charge on any atom is -0.439 e. The van der Waals surface area contributed by atoms with Crippen LogP contribution in [0.5, 0.6) is 0 Å². The van der Waals surface area contributed by atoms with Crippen LogP contribution in [0.15, 0.2) is 22.6 Å². The highest BCUT2D eigenvalue weighted by Crippen LogP contribution is 2.34. The van der Waals surface area contributed by atoms with Crippen LogP contribution < -0.4 is 0 Å². The first kappa shape index (κ1) is 15.9. The lowest BCUT2D eigenvalue weighted by Gasteiger charge is -2.39. The Labute approximate surface area is 134 Å². The number of benzene rings is 1. The van der Waals surface area contributed by atoms with Crippen LogP contribution >= 0.6 is 0 Å². The van der Waals surface area contributed by atoms with E-state index in [4.69, 9.17) is 4.42 Å². The molecule has 0 amide bonds. The van der Waals surface area contributed by atoms with Crippen molar-refractivity contribution in [2.45, 2.75) is 32.7 Å². The van der Waals surface area contributed by atoms with Crippen LogP contribution in [-0.4, -0.2) is 39.6 Å². The molecule has 2 aromatic rings. The Hall–Kier alpha value is -1.99. The van der Waals surface area contributed by atoms with Gasteiger partial charge in [0.15, 0.2) is 5.58 Å². The van der Waals surface area contributed by atoms with Gasteiger partial charge in [-0.3, -0.25) is 15.0 Å². The zero-order valence-electron chi connectivity index (χ0n) is 13.2. The molecule has 1 aromatic heterocycles. The normalized spacial score (nSPS) is 18.3. The van der Waals surface area contributed by atoms with Crippen LogP contribution in [0.3, 0.4) is 0 Å². The number of oxazole rings is 1. The van der Waals surface area contributed by atoms with Gasteiger partial charge in [0.1, 0.15) is 5.52 Å². The van der Waals surface area contributed by atoms with Gasteiger partial charge in [0, 0.05) is 18.7 Å². The van der Waals surface area contributed by atoms with Crippen molar-refractivity contribution < 1.29 is 14.4 Å². The minimum atomic E-state index is -0.433. The van der Waals surface area contributed by atoms with E-state index in [0.717, 1.165) is 32.4 Å². The van der Waals surface area contributed by atoms with E-state index in [-0.39, 0.29) is 17.7 Å². The average molecular weight is 319 g/mol. The molecular weight excluding hydrogens is 298 g/mol. The summed E-state index contributed by atoms with van der Waals surface area (Å²) in [5.74, 6) is 0.577. The smallest absolute Gasteiger partial charge is 0.271 e. The summed E-state index contributed by atoms with van der Waals surface area (Å²) < 4.78 is 5.69. The first-order chi connectivity index (χ1) is 11.0. The van der Waals surface area contributed by atoms with Gasteiger partial charge in [-0.15, -0.1) is 0 Å². The molecule has 1 N–H and O–H groups in total. The van der Waals surface area contributed by atoms with E-state index in [1.54, 1.807) is 6.07 Å². The SMILES string of the molecule is CCC1(CO)CCN(Cc2nc3cc([N+](=O)[O-])ccc3o2)CC1. The lowest BCUT2D eigenvalue weighted by Crippen LogP contribution is -2.41. The molecule has 0 atom stereocenters. The monoisotopic (exact) mass is 319 g/mol. The summed E-state index contributed by atoms with van der Waals surface area (Å²) in [6.45, 7) is 4.75. The van der Waals surface area contributed by atoms with E-state index < -0.39 is 4.92 Å². The van der Waals surface area contributed by atoms with Gasteiger partial charge < -0.3 is 9.52 Å². The Morgan fingerprint density at radius 1 is 1.43 bits per heavy atom. The maximum absolute atomic E-state index is 10.8. The topological polar surface area (TPSA) is 92.6 Å². The van der Waals surface area contributed by atoms with E-state index >= 15 is 0 Å². The van der Waals surface area contributed by atoms with E-state index in [1.165, 1.54) is 12.1 Å². The van der Waals surface area contributed by atoms with E-state index in [2.05, 4.69) is 16.8 Å². The van der Waals surface area contributed by atoms with Crippen LogP contribution in [0.25, 0.3) is 11.1 Å². The Bertz CT molecular complexity index is 698. The number of likely N-dealkylation sites (tertiary alicyclic amines) is 1. The van der Waals surface area contributed by atoms with Gasteiger partial charge in [-0.05, 0) is 43.8 Å². The highest BCUT2D eigenvalue weighted by molar-refractivity contribution is 5.75. The predicted molar refractivity (Wildman–Crippen MR) is 85.0 cm³/mol. The second kappa shape index (κ2) is 6.25. The third kappa shape index (κ3) is 3.20. The summed E-state index contributed by atoms with van der Waals surface area (Å²) in [5.41, 5.74) is 1.16. The number of aliphatic hydroxyl groups excluding tert-OH is 1. The molecule has 1 aromatic carbocycles. The van der Waals surface area contributed by atoms with Crippen molar-refractivity contribution in [3.05, 3.63) is 34.2 Å². The van der Waals surface area contributed by atoms with Crippen molar-refractivity contribution in [3.63, 3.8) is 0 Å². The molecule has 0 spiro atoms. The third-order valence-corrected chi connectivity index (χ3v) is 4.99. The van der Waals surface area contributed by atoms with Crippen LogP contribution in [0.1, 0.15) is 32.1 Å². The highest BCUT2D eigenvalue weighted by atomic mass is 16.6. The van der Waals surface area contributed by atoms with Crippen LogP contribution in [0.4, 0.5) is 5.69 Å². The summed E-state index contributed by atoms with van der Waals surface area (Å²) in [6.07, 6.45) is 2.92. The Balaban J connectivity index is 1.69. The summed E-state index contributed by atoms with van der Waals surface area (Å²) in [5, 5.41) is 20.4. The molecule has 1 aliphatic heterocycles. The summed E-state index contributed by atoms with van der Waals surface area (Å²) >= 11 is 0. The Morgan fingerprint density at radius 3 is 2.78 bits per heavy atom. The fourth-order valence-electron chi connectivity index (χ4n) is 3.14. The largest absolute Gasteiger partial charge is 0.439 e. The summed E-state index contributed by atoms with van der Waals surface area (Å²) in [7, 11) is 0. The van der Waals surface area contributed by atoms with E-state index in [1.807, 2.05) is 0 Å². The highest BCUT2D eigenvalue weighted by Gasteiger charge is 2.32. The molecule has 2 heterocycles. The van der Waals surface area contributed by atoms with Crippen LogP contribution in [-0.2, 0) is 6.54 Å². The maximum atomic E-state index is 10.8. The summed E-state index contributed by atoms with van der Waals surface area (Å²) in [4.78, 5) is 17.0. The number of rotatable bonds is 5. The zero-order valence-corrected chi connectivity index (χ0v) is 13.2. The molecule has 0 unspecified atom stereocenters. The molecule has 0 radical (unpaired) electrons. The number of non-ortho nitro benzene ring substituents is 1. The number of fused-ring (bicyclic) bond motifs is 1. The molecule has 0 aliphatic carbocycles. The first-order valence-corrected chi connectivity index (χ1v) is 7.92. The maximum Gasteiger partial charge on any atom is 0.271 e. The van der Waals surface area contributed by atoms with Crippen molar-refractivity contribution in [3.8, 4) is 0 Å². The number of aliphatic hydroxyl groups is 1. The van der Waals surface area contributed by atoms with Gasteiger partial charge in [0.2, 0.25) is 5.89 Å². The number of hydrogen-bond donors (Lipinski definition) is 1. The molecule has 1 fully saturated rings. The van der Waals surface area contributed by atoms with Crippen molar-refractivity contribution in [2.24, 2.45) is 5.41 Å².